The molecule has 1 heterocycles. The molecule has 1 fully saturated rings. The molecule has 0 aliphatic carbocycles. The van der Waals surface area contributed by atoms with Gasteiger partial charge in [0.25, 0.3) is 0 Å². The van der Waals surface area contributed by atoms with Crippen molar-refractivity contribution < 1.29 is 9.59 Å². The molecule has 1 aliphatic rings. The number of carbonyl (C=O) groups is 2. The second-order valence-electron chi connectivity index (χ2n) is 4.25. The highest BCUT2D eigenvalue weighted by Gasteiger charge is 2.29. The predicted molar refractivity (Wildman–Crippen MR) is 57.2 cm³/mol. The molecule has 86 valence electrons. The van der Waals surface area contributed by atoms with Crippen LogP contribution in [0, 0.1) is 11.8 Å². The Morgan fingerprint density at radius 2 is 2.07 bits per heavy atom. The first-order valence-corrected chi connectivity index (χ1v) is 5.21. The molecule has 15 heavy (non-hydrogen) atoms. The van der Waals surface area contributed by atoms with Gasteiger partial charge in [0.1, 0.15) is 0 Å². The predicted octanol–water partition coefficient (Wildman–Crippen LogP) is -0.954. The van der Waals surface area contributed by atoms with Gasteiger partial charge in [-0.2, -0.15) is 0 Å². The van der Waals surface area contributed by atoms with Crippen molar-refractivity contribution in [1.29, 1.82) is 0 Å². The molecule has 2 unspecified atom stereocenters. The van der Waals surface area contributed by atoms with Gasteiger partial charge in [0, 0.05) is 20.6 Å². The third-order valence-electron chi connectivity index (χ3n) is 2.77. The van der Waals surface area contributed by atoms with Crippen molar-refractivity contribution in [2.75, 3.05) is 33.7 Å². The maximum atomic E-state index is 11.7. The molecule has 1 rings (SSSR count). The van der Waals surface area contributed by atoms with Crippen molar-refractivity contribution in [3.8, 4) is 0 Å². The zero-order valence-electron chi connectivity index (χ0n) is 9.54. The van der Waals surface area contributed by atoms with Crippen LogP contribution < -0.4 is 10.6 Å². The first-order valence-electron chi connectivity index (χ1n) is 5.21. The molecule has 0 bridgehead atoms. The highest BCUT2D eigenvalue weighted by atomic mass is 16.2. The molecule has 0 aromatic carbocycles. The van der Waals surface area contributed by atoms with Crippen LogP contribution >= 0.6 is 0 Å². The molecular weight excluding hydrogens is 194 g/mol. The highest BCUT2D eigenvalue weighted by molar-refractivity contribution is 5.86. The average Bonchev–Trinajstić information content (AvgIpc) is 2.60. The van der Waals surface area contributed by atoms with Crippen LogP contribution in [0.1, 0.15) is 6.92 Å². The molecule has 0 aromatic heterocycles. The molecule has 1 saturated heterocycles. The lowest BCUT2D eigenvalue weighted by molar-refractivity contribution is -0.132. The van der Waals surface area contributed by atoms with Gasteiger partial charge in [-0.15, -0.1) is 0 Å². The first-order chi connectivity index (χ1) is 7.02. The molecule has 2 atom stereocenters. The number of hydrogen-bond donors (Lipinski definition) is 2. The fourth-order valence-electron chi connectivity index (χ4n) is 1.61. The van der Waals surface area contributed by atoms with E-state index in [1.54, 1.807) is 14.1 Å². The van der Waals surface area contributed by atoms with E-state index >= 15 is 0 Å². The summed E-state index contributed by atoms with van der Waals surface area (Å²) < 4.78 is 0. The van der Waals surface area contributed by atoms with Crippen molar-refractivity contribution >= 4 is 11.8 Å². The summed E-state index contributed by atoms with van der Waals surface area (Å²) >= 11 is 0. The van der Waals surface area contributed by atoms with Crippen molar-refractivity contribution in [2.45, 2.75) is 6.92 Å². The van der Waals surface area contributed by atoms with Crippen LogP contribution in [0.15, 0.2) is 0 Å². The van der Waals surface area contributed by atoms with E-state index in [9.17, 15) is 9.59 Å². The van der Waals surface area contributed by atoms with Crippen molar-refractivity contribution in [1.82, 2.24) is 15.5 Å². The lowest BCUT2D eigenvalue weighted by atomic mass is 9.97. The Hall–Kier alpha value is -1.10. The fraction of sp³-hybridized carbons (Fsp3) is 0.800. The molecule has 0 spiro atoms. The van der Waals surface area contributed by atoms with E-state index in [0.29, 0.717) is 12.5 Å². The van der Waals surface area contributed by atoms with Crippen LogP contribution in [0.5, 0.6) is 0 Å². The maximum absolute atomic E-state index is 11.7. The summed E-state index contributed by atoms with van der Waals surface area (Å²) in [4.78, 5) is 24.4. The first kappa shape index (κ1) is 12.0. The van der Waals surface area contributed by atoms with E-state index in [0.717, 1.165) is 6.54 Å². The van der Waals surface area contributed by atoms with Gasteiger partial charge in [0.05, 0.1) is 12.5 Å². The minimum absolute atomic E-state index is 0.0000350. The minimum atomic E-state index is -0.0815. The number of nitrogens with one attached hydrogen (secondary N) is 2. The molecule has 2 N–H and O–H groups in total. The summed E-state index contributed by atoms with van der Waals surface area (Å²) in [6.07, 6.45) is 0. The van der Waals surface area contributed by atoms with Crippen LogP contribution in [0.25, 0.3) is 0 Å². The zero-order chi connectivity index (χ0) is 11.4. The van der Waals surface area contributed by atoms with Crippen molar-refractivity contribution in [3.63, 3.8) is 0 Å². The molecule has 5 heteroatoms. The van der Waals surface area contributed by atoms with Crippen LogP contribution in [-0.4, -0.2) is 50.4 Å². The highest BCUT2D eigenvalue weighted by Crippen LogP contribution is 2.15. The van der Waals surface area contributed by atoms with E-state index in [4.69, 9.17) is 0 Å². The summed E-state index contributed by atoms with van der Waals surface area (Å²) in [7, 11) is 3.35. The molecule has 0 aromatic rings. The molecule has 0 saturated carbocycles. The van der Waals surface area contributed by atoms with Gasteiger partial charge in [-0.25, -0.2) is 0 Å². The van der Waals surface area contributed by atoms with Gasteiger partial charge in [0.2, 0.25) is 11.8 Å². The number of amides is 2. The maximum Gasteiger partial charge on any atom is 0.241 e. The second-order valence-corrected chi connectivity index (χ2v) is 4.25. The van der Waals surface area contributed by atoms with E-state index in [1.807, 2.05) is 6.92 Å². The Bertz CT molecular complexity index is 253. The normalized spacial score (nSPS) is 25.0. The second kappa shape index (κ2) is 5.11. The fourth-order valence-corrected chi connectivity index (χ4v) is 1.61. The minimum Gasteiger partial charge on any atom is -0.347 e. The topological polar surface area (TPSA) is 61.4 Å². The third kappa shape index (κ3) is 3.20. The van der Waals surface area contributed by atoms with Gasteiger partial charge in [-0.1, -0.05) is 6.92 Å². The van der Waals surface area contributed by atoms with E-state index in [1.165, 1.54) is 4.90 Å². The molecular formula is C10H19N3O2. The zero-order valence-corrected chi connectivity index (χ0v) is 9.54. The number of likely N-dealkylation sites (N-methyl/N-ethyl adjacent to an activating group) is 1. The third-order valence-corrected chi connectivity index (χ3v) is 2.77. The van der Waals surface area contributed by atoms with Crippen LogP contribution in [0.2, 0.25) is 0 Å². The number of rotatable bonds is 3. The lowest BCUT2D eigenvalue weighted by Crippen LogP contribution is -2.40. The smallest absolute Gasteiger partial charge is 0.241 e. The molecule has 0 radical (unpaired) electrons. The van der Waals surface area contributed by atoms with Gasteiger partial charge >= 0.3 is 0 Å². The number of carbonyl (C=O) groups excluding carboxylic acids is 2. The van der Waals surface area contributed by atoms with Crippen LogP contribution in [0.4, 0.5) is 0 Å². The molecule has 1 aliphatic heterocycles. The van der Waals surface area contributed by atoms with Gasteiger partial charge in [-0.05, 0) is 12.5 Å². The van der Waals surface area contributed by atoms with Gasteiger partial charge in [0.15, 0.2) is 0 Å². The van der Waals surface area contributed by atoms with E-state index in [-0.39, 0.29) is 24.3 Å². The Kier molecular flexibility index (Phi) is 4.08. The SMILES string of the molecule is CC1CNCC1C(=O)NCC(=O)N(C)C. The van der Waals surface area contributed by atoms with E-state index in [2.05, 4.69) is 10.6 Å². The lowest BCUT2D eigenvalue weighted by Gasteiger charge is -2.15. The molecule has 2 amide bonds. The monoisotopic (exact) mass is 213 g/mol. The Labute approximate surface area is 90.2 Å². The average molecular weight is 213 g/mol. The van der Waals surface area contributed by atoms with E-state index < -0.39 is 0 Å². The standard InChI is InChI=1S/C10H19N3O2/c1-7-4-11-5-8(7)10(15)12-6-9(14)13(2)3/h7-8,11H,4-6H2,1-3H3,(H,12,15). The summed E-state index contributed by atoms with van der Waals surface area (Å²) in [5.74, 6) is 0.240. The summed E-state index contributed by atoms with van der Waals surface area (Å²) in [6, 6.07) is 0. The Balaban J connectivity index is 2.33. The Morgan fingerprint density at radius 3 is 2.53 bits per heavy atom. The van der Waals surface area contributed by atoms with Crippen LogP contribution in [-0.2, 0) is 9.59 Å². The van der Waals surface area contributed by atoms with Crippen molar-refractivity contribution in [3.05, 3.63) is 0 Å². The number of nitrogens with zero attached hydrogens (tertiary/aromatic N) is 1. The summed E-state index contributed by atoms with van der Waals surface area (Å²) in [6.45, 7) is 3.72. The summed E-state index contributed by atoms with van der Waals surface area (Å²) in [5.41, 5.74) is 0. The van der Waals surface area contributed by atoms with Gasteiger partial charge in [-0.3, -0.25) is 9.59 Å². The van der Waals surface area contributed by atoms with Crippen LogP contribution in [0.3, 0.4) is 0 Å². The molecule has 5 nitrogen and oxygen atoms in total. The quantitative estimate of drug-likeness (QED) is 0.635. The summed E-state index contributed by atoms with van der Waals surface area (Å²) in [5, 5.41) is 5.82. The Morgan fingerprint density at radius 1 is 1.40 bits per heavy atom. The number of hydrogen-bond acceptors (Lipinski definition) is 3. The van der Waals surface area contributed by atoms with Crippen molar-refractivity contribution in [2.24, 2.45) is 11.8 Å². The largest absolute Gasteiger partial charge is 0.347 e. The van der Waals surface area contributed by atoms with Gasteiger partial charge < -0.3 is 15.5 Å².